The topological polar surface area (TPSA) is 96.0 Å². The molecule has 0 unspecified atom stereocenters. The predicted octanol–water partition coefficient (Wildman–Crippen LogP) is 4.01. The quantitative estimate of drug-likeness (QED) is 0.375. The van der Waals surface area contributed by atoms with Crippen molar-refractivity contribution in [3.05, 3.63) is 60.2 Å². The first-order chi connectivity index (χ1) is 17.6. The molecular formula is C28H41N3O5S. The number of methoxy groups -OCH3 is 1. The highest BCUT2D eigenvalue weighted by Gasteiger charge is 2.29. The van der Waals surface area contributed by atoms with Crippen LogP contribution in [0.3, 0.4) is 0 Å². The Kier molecular flexibility index (Phi) is 11.9. The first-order valence-corrected chi connectivity index (χ1v) is 14.7. The van der Waals surface area contributed by atoms with Crippen molar-refractivity contribution in [2.24, 2.45) is 0 Å². The number of rotatable bonds is 15. The van der Waals surface area contributed by atoms with E-state index in [0.717, 1.165) is 18.2 Å². The van der Waals surface area contributed by atoms with E-state index in [-0.39, 0.29) is 30.8 Å². The number of nitrogens with zero attached hydrogens (tertiary/aromatic N) is 2. The van der Waals surface area contributed by atoms with Gasteiger partial charge in [-0.05, 0) is 50.3 Å². The molecule has 0 bridgehead atoms. The number of carbonyl (C=O) groups is 2. The van der Waals surface area contributed by atoms with E-state index >= 15 is 0 Å². The van der Waals surface area contributed by atoms with Crippen LogP contribution in [0.4, 0.5) is 5.69 Å². The molecule has 0 spiro atoms. The van der Waals surface area contributed by atoms with Crippen LogP contribution >= 0.6 is 0 Å². The monoisotopic (exact) mass is 531 g/mol. The van der Waals surface area contributed by atoms with Gasteiger partial charge in [-0.2, -0.15) is 0 Å². The number of amides is 2. The molecule has 0 aliphatic carbocycles. The molecule has 37 heavy (non-hydrogen) atoms. The lowest BCUT2D eigenvalue weighted by Crippen LogP contribution is -2.51. The molecule has 0 aliphatic rings. The van der Waals surface area contributed by atoms with Gasteiger partial charge < -0.3 is 15.0 Å². The molecule has 0 heterocycles. The fourth-order valence-electron chi connectivity index (χ4n) is 4.11. The number of benzene rings is 2. The lowest BCUT2D eigenvalue weighted by Gasteiger charge is -2.32. The van der Waals surface area contributed by atoms with Crippen molar-refractivity contribution in [1.29, 1.82) is 0 Å². The predicted molar refractivity (Wildman–Crippen MR) is 148 cm³/mol. The van der Waals surface area contributed by atoms with Crippen molar-refractivity contribution in [3.8, 4) is 5.75 Å². The van der Waals surface area contributed by atoms with E-state index in [1.54, 1.807) is 29.2 Å². The highest BCUT2D eigenvalue weighted by molar-refractivity contribution is 7.92. The minimum atomic E-state index is -3.57. The second-order valence-corrected chi connectivity index (χ2v) is 11.1. The van der Waals surface area contributed by atoms with Crippen molar-refractivity contribution in [2.75, 3.05) is 30.8 Å². The number of sulfonamides is 1. The number of nitrogens with one attached hydrogen (secondary N) is 1. The third-order valence-electron chi connectivity index (χ3n) is 6.36. The van der Waals surface area contributed by atoms with Crippen molar-refractivity contribution in [2.45, 2.75) is 65.0 Å². The highest BCUT2D eigenvalue weighted by atomic mass is 32.2. The summed E-state index contributed by atoms with van der Waals surface area (Å²) < 4.78 is 31.5. The molecule has 0 saturated heterocycles. The molecule has 0 fully saturated rings. The summed E-state index contributed by atoms with van der Waals surface area (Å²) in [6.45, 7) is 6.39. The number of carbonyl (C=O) groups excluding carboxylic acids is 2. The average molecular weight is 532 g/mol. The molecular weight excluding hydrogens is 490 g/mol. The van der Waals surface area contributed by atoms with Gasteiger partial charge in [0.05, 0.1) is 19.1 Å². The summed E-state index contributed by atoms with van der Waals surface area (Å²) in [6, 6.07) is 16.1. The van der Waals surface area contributed by atoms with Gasteiger partial charge in [0, 0.05) is 31.6 Å². The van der Waals surface area contributed by atoms with Gasteiger partial charge in [0.2, 0.25) is 21.8 Å². The lowest BCUT2D eigenvalue weighted by molar-refractivity contribution is -0.141. The van der Waals surface area contributed by atoms with Crippen LogP contribution in [0.1, 0.15) is 52.0 Å². The average Bonchev–Trinajstić information content (AvgIpc) is 2.88. The molecule has 2 atom stereocenters. The number of anilines is 1. The zero-order chi connectivity index (χ0) is 27.4. The molecule has 2 amide bonds. The van der Waals surface area contributed by atoms with Crippen LogP contribution in [-0.2, 0) is 26.0 Å². The Hall–Kier alpha value is -3.07. The zero-order valence-corrected chi connectivity index (χ0v) is 23.5. The number of hydrogen-bond acceptors (Lipinski definition) is 5. The number of hydrogen-bond donors (Lipinski definition) is 1. The van der Waals surface area contributed by atoms with Crippen LogP contribution in [-0.4, -0.2) is 63.7 Å². The Morgan fingerprint density at radius 2 is 1.70 bits per heavy atom. The van der Waals surface area contributed by atoms with Gasteiger partial charge in [-0.1, -0.05) is 50.2 Å². The van der Waals surface area contributed by atoms with Crippen LogP contribution < -0.4 is 14.4 Å². The van der Waals surface area contributed by atoms with Crippen molar-refractivity contribution >= 4 is 27.5 Å². The highest BCUT2D eigenvalue weighted by Crippen LogP contribution is 2.24. The largest absolute Gasteiger partial charge is 0.497 e. The first kappa shape index (κ1) is 30.2. The minimum Gasteiger partial charge on any atom is -0.497 e. The van der Waals surface area contributed by atoms with Crippen LogP contribution in [0.5, 0.6) is 5.75 Å². The van der Waals surface area contributed by atoms with Gasteiger partial charge in [-0.15, -0.1) is 0 Å². The van der Waals surface area contributed by atoms with Crippen LogP contribution in [0.25, 0.3) is 0 Å². The Bertz CT molecular complexity index is 1110. The molecule has 8 nitrogen and oxygen atoms in total. The Labute approximate surface area is 222 Å². The summed E-state index contributed by atoms with van der Waals surface area (Å²) in [4.78, 5) is 28.2. The van der Waals surface area contributed by atoms with E-state index in [4.69, 9.17) is 4.74 Å². The van der Waals surface area contributed by atoms with Crippen molar-refractivity contribution in [1.82, 2.24) is 10.2 Å². The second-order valence-electron chi connectivity index (χ2n) is 9.20. The van der Waals surface area contributed by atoms with Crippen LogP contribution in [0, 0.1) is 0 Å². The lowest BCUT2D eigenvalue weighted by atomic mass is 10.1. The normalized spacial score (nSPS) is 12.9. The van der Waals surface area contributed by atoms with E-state index in [0.29, 0.717) is 37.2 Å². The molecule has 0 radical (unpaired) electrons. The van der Waals surface area contributed by atoms with Gasteiger partial charge >= 0.3 is 0 Å². The summed E-state index contributed by atoms with van der Waals surface area (Å²) in [6.07, 6.45) is 3.49. The third kappa shape index (κ3) is 9.39. The van der Waals surface area contributed by atoms with E-state index in [2.05, 4.69) is 5.32 Å². The fraction of sp³-hybridized carbons (Fsp3) is 0.500. The van der Waals surface area contributed by atoms with Crippen molar-refractivity contribution < 1.29 is 22.7 Å². The molecule has 2 aromatic rings. The summed E-state index contributed by atoms with van der Waals surface area (Å²) in [5.41, 5.74) is 1.56. The molecule has 0 aliphatic heterocycles. The van der Waals surface area contributed by atoms with E-state index < -0.39 is 16.1 Å². The van der Waals surface area contributed by atoms with E-state index in [9.17, 15) is 18.0 Å². The van der Waals surface area contributed by atoms with Gasteiger partial charge in [0.25, 0.3) is 0 Å². The van der Waals surface area contributed by atoms with E-state index in [1.165, 1.54) is 11.4 Å². The summed E-state index contributed by atoms with van der Waals surface area (Å²) in [5, 5.41) is 3.01. The van der Waals surface area contributed by atoms with Gasteiger partial charge in [-0.3, -0.25) is 13.9 Å². The van der Waals surface area contributed by atoms with Crippen molar-refractivity contribution in [3.63, 3.8) is 0 Å². The molecule has 1 N–H and O–H groups in total. The number of ether oxygens (including phenoxy) is 1. The van der Waals surface area contributed by atoms with Crippen LogP contribution in [0.15, 0.2) is 54.6 Å². The minimum absolute atomic E-state index is 0.0128. The smallest absolute Gasteiger partial charge is 0.243 e. The SMILES string of the molecule is CC[C@H](C)NC(=O)[C@H](CC)N(CCc1ccccc1)C(=O)CCCN(c1cccc(OC)c1)S(C)(=O)=O. The Morgan fingerprint density at radius 3 is 2.30 bits per heavy atom. The van der Waals surface area contributed by atoms with Gasteiger partial charge in [0.15, 0.2) is 0 Å². The first-order valence-electron chi connectivity index (χ1n) is 12.9. The summed E-state index contributed by atoms with van der Waals surface area (Å²) in [5.74, 6) is 0.223. The maximum Gasteiger partial charge on any atom is 0.243 e. The molecule has 2 aromatic carbocycles. The van der Waals surface area contributed by atoms with Gasteiger partial charge in [0.1, 0.15) is 11.8 Å². The zero-order valence-electron chi connectivity index (χ0n) is 22.6. The molecule has 204 valence electrons. The standard InChI is InChI=1S/C28H41N3O5S/c1-6-22(3)29-28(33)26(7-2)30(20-18-23-13-9-8-10-14-23)27(32)17-12-19-31(37(5,34)35)24-15-11-16-25(21-24)36-4/h8-11,13-16,21-22,26H,6-7,12,17-20H2,1-5H3,(H,29,33)/t22-,26-/m0/s1. The molecule has 0 aromatic heterocycles. The molecule has 9 heteroatoms. The summed E-state index contributed by atoms with van der Waals surface area (Å²) in [7, 11) is -2.05. The summed E-state index contributed by atoms with van der Waals surface area (Å²) >= 11 is 0. The molecule has 0 saturated carbocycles. The molecule has 2 rings (SSSR count). The van der Waals surface area contributed by atoms with Crippen LogP contribution in [0.2, 0.25) is 0 Å². The third-order valence-corrected chi connectivity index (χ3v) is 7.56. The fourth-order valence-corrected chi connectivity index (χ4v) is 5.06. The van der Waals surface area contributed by atoms with E-state index in [1.807, 2.05) is 51.1 Å². The Balaban J connectivity index is 2.17. The van der Waals surface area contributed by atoms with Gasteiger partial charge in [-0.25, -0.2) is 8.42 Å². The maximum absolute atomic E-state index is 13.5. The maximum atomic E-state index is 13.5. The Morgan fingerprint density at radius 1 is 1.00 bits per heavy atom. The second kappa shape index (κ2) is 14.6.